The van der Waals surface area contributed by atoms with Crippen LogP contribution in [0.25, 0.3) is 5.69 Å². The average Bonchev–Trinajstić information content (AvgIpc) is 3.22. The van der Waals surface area contributed by atoms with E-state index in [1.165, 1.54) is 0 Å². The number of benzene rings is 1. The molecular weight excluding hydrogens is 432 g/mol. The van der Waals surface area contributed by atoms with Crippen molar-refractivity contribution in [2.75, 3.05) is 32.7 Å². The van der Waals surface area contributed by atoms with Crippen LogP contribution in [-0.2, 0) is 6.54 Å². The lowest BCUT2D eigenvalue weighted by molar-refractivity contribution is 0.103. The van der Waals surface area contributed by atoms with Crippen molar-refractivity contribution < 1.29 is 4.79 Å². The lowest BCUT2D eigenvalue weighted by atomic mass is 10.1. The molecule has 0 bridgehead atoms. The monoisotopic (exact) mass is 454 g/mol. The Morgan fingerprint density at radius 1 is 1.10 bits per heavy atom. The van der Waals surface area contributed by atoms with Crippen LogP contribution in [0.3, 0.4) is 0 Å². The Morgan fingerprint density at radius 2 is 1.90 bits per heavy atom. The fraction of sp³-hybridized carbons (Fsp3) is 0.333. The van der Waals surface area contributed by atoms with Crippen molar-refractivity contribution in [2.24, 2.45) is 0 Å². The van der Waals surface area contributed by atoms with Crippen LogP contribution in [0.2, 0.25) is 0 Å². The van der Waals surface area contributed by atoms with E-state index in [9.17, 15) is 4.79 Å². The SMILES string of the molecule is CCN1CCN(Cc2nncn2-c2ccc(Br)cc2C(=O)c2ccccn2)CC1. The maximum Gasteiger partial charge on any atom is 0.213 e. The van der Waals surface area contributed by atoms with Crippen LogP contribution in [0.4, 0.5) is 0 Å². The zero-order valence-corrected chi connectivity index (χ0v) is 17.9. The van der Waals surface area contributed by atoms with Gasteiger partial charge in [0.25, 0.3) is 0 Å². The Labute approximate surface area is 178 Å². The predicted molar refractivity (Wildman–Crippen MR) is 114 cm³/mol. The first kappa shape index (κ1) is 19.9. The Hall–Kier alpha value is -2.42. The molecule has 3 heterocycles. The summed E-state index contributed by atoms with van der Waals surface area (Å²) in [6.45, 7) is 8.10. The predicted octanol–water partition coefficient (Wildman–Crippen LogP) is 2.79. The van der Waals surface area contributed by atoms with Crippen LogP contribution < -0.4 is 0 Å². The van der Waals surface area contributed by atoms with Crippen molar-refractivity contribution in [3.8, 4) is 5.69 Å². The lowest BCUT2D eigenvalue weighted by Crippen LogP contribution is -2.45. The number of aromatic nitrogens is 4. The topological polar surface area (TPSA) is 67.2 Å². The van der Waals surface area contributed by atoms with E-state index in [0.29, 0.717) is 17.8 Å². The molecule has 29 heavy (non-hydrogen) atoms. The van der Waals surface area contributed by atoms with Gasteiger partial charge in [0.1, 0.15) is 12.0 Å². The number of rotatable bonds is 6. The van der Waals surface area contributed by atoms with E-state index >= 15 is 0 Å². The van der Waals surface area contributed by atoms with Gasteiger partial charge in [-0.3, -0.25) is 19.2 Å². The van der Waals surface area contributed by atoms with Crippen LogP contribution in [0.5, 0.6) is 0 Å². The zero-order chi connectivity index (χ0) is 20.2. The van der Waals surface area contributed by atoms with Crippen molar-refractivity contribution in [3.63, 3.8) is 0 Å². The smallest absolute Gasteiger partial charge is 0.213 e. The Bertz CT molecular complexity index is 982. The van der Waals surface area contributed by atoms with E-state index in [-0.39, 0.29) is 5.78 Å². The maximum atomic E-state index is 13.1. The molecule has 0 unspecified atom stereocenters. The third kappa shape index (κ3) is 4.44. The van der Waals surface area contributed by atoms with Gasteiger partial charge in [-0.15, -0.1) is 10.2 Å². The summed E-state index contributed by atoms with van der Waals surface area (Å²) in [5.74, 6) is 0.699. The van der Waals surface area contributed by atoms with Crippen molar-refractivity contribution in [1.29, 1.82) is 0 Å². The standard InChI is InChI=1S/C21H23BrN6O/c1-2-26-9-11-27(12-10-26)14-20-25-24-15-28(20)19-7-6-16(22)13-17(19)21(29)18-5-3-4-8-23-18/h3-8,13,15H,2,9-12,14H2,1H3. The summed E-state index contributed by atoms with van der Waals surface area (Å²) in [7, 11) is 0. The number of likely N-dealkylation sites (N-methyl/N-ethyl adjacent to an activating group) is 1. The molecule has 2 aromatic heterocycles. The van der Waals surface area contributed by atoms with Gasteiger partial charge in [-0.25, -0.2) is 0 Å². The molecule has 0 atom stereocenters. The second-order valence-electron chi connectivity index (χ2n) is 7.03. The molecular formula is C21H23BrN6O. The molecule has 1 saturated heterocycles. The molecule has 0 spiro atoms. The van der Waals surface area contributed by atoms with Gasteiger partial charge in [-0.05, 0) is 36.9 Å². The Morgan fingerprint density at radius 3 is 2.62 bits per heavy atom. The normalized spacial score (nSPS) is 15.5. The number of carbonyl (C=O) groups is 1. The van der Waals surface area contributed by atoms with E-state index in [2.05, 4.69) is 47.8 Å². The van der Waals surface area contributed by atoms with Crippen molar-refractivity contribution in [3.05, 3.63) is 70.5 Å². The van der Waals surface area contributed by atoms with E-state index < -0.39 is 0 Å². The van der Waals surface area contributed by atoms with E-state index in [0.717, 1.165) is 48.7 Å². The summed E-state index contributed by atoms with van der Waals surface area (Å²) in [5.41, 5.74) is 1.74. The largest absolute Gasteiger partial charge is 0.301 e. The highest BCUT2D eigenvalue weighted by atomic mass is 79.9. The van der Waals surface area contributed by atoms with Crippen molar-refractivity contribution >= 4 is 21.7 Å². The molecule has 0 amide bonds. The minimum Gasteiger partial charge on any atom is -0.301 e. The molecule has 0 aliphatic carbocycles. The van der Waals surface area contributed by atoms with Crippen LogP contribution >= 0.6 is 15.9 Å². The minimum atomic E-state index is -0.127. The molecule has 0 radical (unpaired) electrons. The van der Waals surface area contributed by atoms with Crippen molar-refractivity contribution in [1.82, 2.24) is 29.5 Å². The first-order valence-corrected chi connectivity index (χ1v) is 10.5. The van der Waals surface area contributed by atoms with Crippen LogP contribution in [0.1, 0.15) is 28.8 Å². The molecule has 1 aromatic carbocycles. The summed E-state index contributed by atoms with van der Waals surface area (Å²) < 4.78 is 2.75. The number of pyridine rings is 1. The van der Waals surface area contributed by atoms with Crippen LogP contribution in [-0.4, -0.2) is 68.1 Å². The molecule has 4 rings (SSSR count). The Kier molecular flexibility index (Phi) is 6.13. The summed E-state index contributed by atoms with van der Waals surface area (Å²) in [4.78, 5) is 22.2. The number of nitrogens with zero attached hydrogens (tertiary/aromatic N) is 6. The molecule has 0 saturated carbocycles. The van der Waals surface area contributed by atoms with E-state index in [1.54, 1.807) is 24.7 Å². The summed E-state index contributed by atoms with van der Waals surface area (Å²) in [6, 6.07) is 11.0. The van der Waals surface area contributed by atoms with Crippen molar-refractivity contribution in [2.45, 2.75) is 13.5 Å². The van der Waals surface area contributed by atoms with E-state index in [4.69, 9.17) is 0 Å². The molecule has 3 aromatic rings. The van der Waals surface area contributed by atoms with Gasteiger partial charge in [0, 0.05) is 42.4 Å². The van der Waals surface area contributed by atoms with Gasteiger partial charge >= 0.3 is 0 Å². The first-order chi connectivity index (χ1) is 14.2. The molecule has 1 fully saturated rings. The van der Waals surface area contributed by atoms with Gasteiger partial charge in [0.05, 0.1) is 12.2 Å². The van der Waals surface area contributed by atoms with Crippen LogP contribution in [0, 0.1) is 0 Å². The minimum absolute atomic E-state index is 0.127. The molecule has 7 nitrogen and oxygen atoms in total. The molecule has 0 N–H and O–H groups in total. The quantitative estimate of drug-likeness (QED) is 0.533. The summed E-state index contributed by atoms with van der Waals surface area (Å²) >= 11 is 3.49. The number of piperazine rings is 1. The first-order valence-electron chi connectivity index (χ1n) is 9.75. The number of hydrogen-bond acceptors (Lipinski definition) is 6. The van der Waals surface area contributed by atoms with Gasteiger partial charge in [0.2, 0.25) is 5.78 Å². The van der Waals surface area contributed by atoms with E-state index in [1.807, 2.05) is 28.8 Å². The summed E-state index contributed by atoms with van der Waals surface area (Å²) in [5, 5.41) is 8.47. The third-order valence-corrected chi connectivity index (χ3v) is 5.75. The van der Waals surface area contributed by atoms with Crippen LogP contribution in [0.15, 0.2) is 53.4 Å². The fourth-order valence-electron chi connectivity index (χ4n) is 3.57. The fourth-order valence-corrected chi connectivity index (χ4v) is 3.93. The summed E-state index contributed by atoms with van der Waals surface area (Å²) in [6.07, 6.45) is 3.31. The molecule has 1 aliphatic heterocycles. The third-order valence-electron chi connectivity index (χ3n) is 5.26. The number of ketones is 1. The maximum absolute atomic E-state index is 13.1. The Balaban J connectivity index is 1.63. The van der Waals surface area contributed by atoms with Gasteiger partial charge < -0.3 is 4.90 Å². The molecule has 1 aliphatic rings. The molecule has 8 heteroatoms. The highest BCUT2D eigenvalue weighted by molar-refractivity contribution is 9.10. The lowest BCUT2D eigenvalue weighted by Gasteiger charge is -2.33. The van der Waals surface area contributed by atoms with Gasteiger partial charge in [0.15, 0.2) is 5.82 Å². The zero-order valence-electron chi connectivity index (χ0n) is 16.3. The second-order valence-corrected chi connectivity index (χ2v) is 7.95. The number of hydrogen-bond donors (Lipinski definition) is 0. The highest BCUT2D eigenvalue weighted by Crippen LogP contribution is 2.24. The highest BCUT2D eigenvalue weighted by Gasteiger charge is 2.21. The average molecular weight is 455 g/mol. The van der Waals surface area contributed by atoms with Gasteiger partial charge in [-0.1, -0.05) is 28.9 Å². The second kappa shape index (κ2) is 8.94. The number of halogens is 1. The number of carbonyl (C=O) groups excluding carboxylic acids is 1. The molecule has 150 valence electrons. The van der Waals surface area contributed by atoms with Gasteiger partial charge in [-0.2, -0.15) is 0 Å².